The molecule has 0 heterocycles. The average molecular weight is 204 g/mol. The van der Waals surface area contributed by atoms with Crippen molar-refractivity contribution in [2.45, 2.75) is 13.8 Å². The van der Waals surface area contributed by atoms with E-state index in [0.717, 1.165) is 0 Å². The minimum absolute atomic E-state index is 0. The maximum Gasteiger partial charge on any atom is 0.310 e. The Morgan fingerprint density at radius 1 is 1.00 bits per heavy atom. The second-order valence-corrected chi connectivity index (χ2v) is 1.09. The van der Waals surface area contributed by atoms with Gasteiger partial charge in [0.05, 0.1) is 0 Å². The first-order valence-corrected chi connectivity index (χ1v) is 1.82. The number of ether oxygens (including phenoxy) is 1. The molecule has 0 bridgehead atoms. The molecule has 0 aromatic rings. The Balaban J connectivity index is -0.0000000600. The van der Waals surface area contributed by atoms with Crippen LogP contribution in [0.2, 0.25) is 0 Å². The molecule has 0 aliphatic heterocycles. The van der Waals surface area contributed by atoms with Gasteiger partial charge in [0.25, 0.3) is 0 Å². The molecular weight excluding hydrogens is 193 g/mol. The molecule has 0 aliphatic carbocycles. The van der Waals surface area contributed by atoms with Crippen LogP contribution in [0.5, 0.6) is 0 Å². The van der Waals surface area contributed by atoms with E-state index in [2.05, 4.69) is 4.74 Å². The third kappa shape index (κ3) is 25.3. The number of rotatable bonds is 0. The SMILES string of the molecule is CC(=O)OC(C)=O.O.O.[Zn]. The van der Waals surface area contributed by atoms with Crippen molar-refractivity contribution < 1.29 is 44.8 Å². The zero-order chi connectivity index (χ0) is 5.86. The van der Waals surface area contributed by atoms with Crippen LogP contribution >= 0.6 is 0 Å². The van der Waals surface area contributed by atoms with E-state index >= 15 is 0 Å². The van der Waals surface area contributed by atoms with Crippen molar-refractivity contribution in [3.05, 3.63) is 0 Å². The van der Waals surface area contributed by atoms with Crippen LogP contribution in [0.4, 0.5) is 0 Å². The number of esters is 2. The predicted molar refractivity (Wildman–Crippen MR) is 29.7 cm³/mol. The van der Waals surface area contributed by atoms with Crippen molar-refractivity contribution in [3.63, 3.8) is 0 Å². The summed E-state index contributed by atoms with van der Waals surface area (Å²) >= 11 is 0. The van der Waals surface area contributed by atoms with Gasteiger partial charge >= 0.3 is 11.9 Å². The minimum Gasteiger partial charge on any atom is -0.412 e. The van der Waals surface area contributed by atoms with E-state index in [4.69, 9.17) is 0 Å². The summed E-state index contributed by atoms with van der Waals surface area (Å²) in [5.74, 6) is -1.12. The third-order valence-corrected chi connectivity index (χ3v) is 0.287. The standard InChI is InChI=1S/C4H6O3.2H2O.Zn/c1-3(5)7-4(2)6;;;/h1-2H3;2*1H2;. The summed E-state index contributed by atoms with van der Waals surface area (Å²) in [5, 5.41) is 0. The smallest absolute Gasteiger partial charge is 0.310 e. The van der Waals surface area contributed by atoms with Gasteiger partial charge in [0.15, 0.2) is 0 Å². The summed E-state index contributed by atoms with van der Waals surface area (Å²) in [4.78, 5) is 19.6. The second kappa shape index (κ2) is 11.5. The fourth-order valence-electron chi connectivity index (χ4n) is 0.202. The van der Waals surface area contributed by atoms with Crippen molar-refractivity contribution in [2.75, 3.05) is 0 Å². The molecule has 6 heteroatoms. The van der Waals surface area contributed by atoms with E-state index in [0.29, 0.717) is 0 Å². The van der Waals surface area contributed by atoms with E-state index in [-0.39, 0.29) is 30.4 Å². The normalized spacial score (nSPS) is 5.40. The molecule has 10 heavy (non-hydrogen) atoms. The fourth-order valence-corrected chi connectivity index (χ4v) is 0.202. The van der Waals surface area contributed by atoms with E-state index in [1.165, 1.54) is 13.8 Å². The molecule has 5 nitrogen and oxygen atoms in total. The summed E-state index contributed by atoms with van der Waals surface area (Å²) in [6, 6.07) is 0. The zero-order valence-electron chi connectivity index (χ0n) is 5.93. The van der Waals surface area contributed by atoms with Gasteiger partial charge in [-0.3, -0.25) is 9.59 Å². The molecular formula is C4H10O5Zn. The molecule has 0 fully saturated rings. The van der Waals surface area contributed by atoms with Gasteiger partial charge in [0.2, 0.25) is 0 Å². The van der Waals surface area contributed by atoms with Gasteiger partial charge in [0.1, 0.15) is 0 Å². The first-order valence-electron chi connectivity index (χ1n) is 1.82. The summed E-state index contributed by atoms with van der Waals surface area (Å²) < 4.78 is 3.97. The van der Waals surface area contributed by atoms with Crippen LogP contribution in [0.3, 0.4) is 0 Å². The Labute approximate surface area is 71.1 Å². The summed E-state index contributed by atoms with van der Waals surface area (Å²) in [6.45, 7) is 2.36. The minimum atomic E-state index is -0.562. The number of carbonyl (C=O) groups is 2. The molecule has 0 spiro atoms. The van der Waals surface area contributed by atoms with Crippen LogP contribution in [0.25, 0.3) is 0 Å². The summed E-state index contributed by atoms with van der Waals surface area (Å²) in [7, 11) is 0. The number of carbonyl (C=O) groups excluding carboxylic acids is 2. The van der Waals surface area contributed by atoms with Gasteiger partial charge in [-0.05, 0) is 0 Å². The molecule has 0 rings (SSSR count). The Bertz CT molecular complexity index is 89.8. The monoisotopic (exact) mass is 202 g/mol. The molecule has 0 aromatic carbocycles. The van der Waals surface area contributed by atoms with Crippen LogP contribution in [0, 0.1) is 0 Å². The van der Waals surface area contributed by atoms with Gasteiger partial charge < -0.3 is 15.7 Å². The van der Waals surface area contributed by atoms with Crippen LogP contribution in [-0.2, 0) is 33.8 Å². The van der Waals surface area contributed by atoms with Crippen molar-refractivity contribution in [1.29, 1.82) is 0 Å². The van der Waals surface area contributed by atoms with Gasteiger partial charge in [-0.2, -0.15) is 0 Å². The van der Waals surface area contributed by atoms with Crippen LogP contribution in [0.15, 0.2) is 0 Å². The first kappa shape index (κ1) is 22.6. The van der Waals surface area contributed by atoms with E-state index in [1.807, 2.05) is 0 Å². The Hall–Kier alpha value is -0.317. The van der Waals surface area contributed by atoms with Crippen LogP contribution < -0.4 is 0 Å². The van der Waals surface area contributed by atoms with E-state index < -0.39 is 11.9 Å². The van der Waals surface area contributed by atoms with E-state index in [1.54, 1.807) is 0 Å². The number of hydrogen-bond acceptors (Lipinski definition) is 3. The molecule has 0 amide bonds. The fraction of sp³-hybridized carbons (Fsp3) is 0.500. The van der Waals surface area contributed by atoms with Gasteiger partial charge in [-0.15, -0.1) is 0 Å². The molecule has 0 radical (unpaired) electrons. The van der Waals surface area contributed by atoms with Crippen molar-refractivity contribution >= 4 is 11.9 Å². The Morgan fingerprint density at radius 3 is 1.20 bits per heavy atom. The van der Waals surface area contributed by atoms with Gasteiger partial charge in [-0.25, -0.2) is 0 Å². The van der Waals surface area contributed by atoms with Gasteiger partial charge in [0, 0.05) is 33.3 Å². The summed E-state index contributed by atoms with van der Waals surface area (Å²) in [6.07, 6.45) is 0. The maximum atomic E-state index is 9.81. The average Bonchev–Trinajstić information content (AvgIpc) is 1.27. The second-order valence-electron chi connectivity index (χ2n) is 1.09. The summed E-state index contributed by atoms with van der Waals surface area (Å²) in [5.41, 5.74) is 0. The quantitative estimate of drug-likeness (QED) is 0.270. The van der Waals surface area contributed by atoms with E-state index in [9.17, 15) is 9.59 Å². The maximum absolute atomic E-state index is 9.81. The van der Waals surface area contributed by atoms with Crippen molar-refractivity contribution in [1.82, 2.24) is 0 Å². The van der Waals surface area contributed by atoms with Crippen LogP contribution in [0.1, 0.15) is 13.8 Å². The topological polar surface area (TPSA) is 106 Å². The first-order chi connectivity index (χ1) is 3.13. The molecule has 0 aliphatic rings. The zero-order valence-corrected chi connectivity index (χ0v) is 8.90. The molecule has 58 valence electrons. The van der Waals surface area contributed by atoms with Gasteiger partial charge in [-0.1, -0.05) is 0 Å². The molecule has 4 N–H and O–H groups in total. The predicted octanol–water partition coefficient (Wildman–Crippen LogP) is -1.56. The molecule has 0 unspecified atom stereocenters. The molecule has 0 atom stereocenters. The van der Waals surface area contributed by atoms with Crippen molar-refractivity contribution in [3.8, 4) is 0 Å². The third-order valence-electron chi connectivity index (χ3n) is 0.287. The van der Waals surface area contributed by atoms with Crippen LogP contribution in [-0.4, -0.2) is 22.9 Å². The number of hydrogen-bond donors (Lipinski definition) is 0. The largest absolute Gasteiger partial charge is 0.412 e. The molecule has 0 aromatic heterocycles. The Morgan fingerprint density at radius 2 is 1.20 bits per heavy atom. The van der Waals surface area contributed by atoms with Crippen molar-refractivity contribution in [2.24, 2.45) is 0 Å². The Kier molecular flexibility index (Phi) is 25.9. The molecule has 0 saturated carbocycles. The molecule has 0 saturated heterocycles.